The van der Waals surface area contributed by atoms with Gasteiger partial charge < -0.3 is 4.74 Å². The molecule has 0 fully saturated rings. The normalized spacial score (nSPS) is 9.94. The van der Waals surface area contributed by atoms with Crippen molar-refractivity contribution in [1.82, 2.24) is 0 Å². The van der Waals surface area contributed by atoms with Crippen LogP contribution < -0.4 is 0 Å². The van der Waals surface area contributed by atoms with Gasteiger partial charge in [0.05, 0.1) is 6.61 Å². The molecular formula is C13H18O3. The summed E-state index contributed by atoms with van der Waals surface area (Å²) < 4.78 is 4.65. The number of hydrogen-bond donors (Lipinski definition) is 0. The highest BCUT2D eigenvalue weighted by Crippen LogP contribution is 2.23. The van der Waals surface area contributed by atoms with Crippen molar-refractivity contribution in [2.24, 2.45) is 5.41 Å². The van der Waals surface area contributed by atoms with Crippen LogP contribution in [0.3, 0.4) is 0 Å². The van der Waals surface area contributed by atoms with Gasteiger partial charge in [0, 0.05) is 17.8 Å². The summed E-state index contributed by atoms with van der Waals surface area (Å²) in [6.45, 7) is 9.18. The average molecular weight is 222 g/mol. The van der Waals surface area contributed by atoms with Crippen LogP contribution >= 0.6 is 0 Å². The van der Waals surface area contributed by atoms with E-state index >= 15 is 0 Å². The van der Waals surface area contributed by atoms with Gasteiger partial charge in [0.2, 0.25) is 0 Å². The lowest BCUT2D eigenvalue weighted by molar-refractivity contribution is -0.136. The maximum Gasteiger partial charge on any atom is 0.384 e. The van der Waals surface area contributed by atoms with E-state index in [1.807, 2.05) is 13.8 Å². The zero-order valence-electron chi connectivity index (χ0n) is 10.1. The Morgan fingerprint density at radius 3 is 2.56 bits per heavy atom. The Hall–Kier alpha value is -1.56. The number of ether oxygens (including phenoxy) is 1. The van der Waals surface area contributed by atoms with Gasteiger partial charge in [0.1, 0.15) is 0 Å². The molecule has 0 saturated heterocycles. The van der Waals surface area contributed by atoms with Crippen LogP contribution in [0.15, 0.2) is 12.7 Å². The largest absolute Gasteiger partial charge is 0.456 e. The van der Waals surface area contributed by atoms with Crippen LogP contribution in [0.1, 0.15) is 33.6 Å². The molecule has 16 heavy (non-hydrogen) atoms. The van der Waals surface area contributed by atoms with Gasteiger partial charge in [-0.1, -0.05) is 26.3 Å². The smallest absolute Gasteiger partial charge is 0.384 e. The summed E-state index contributed by atoms with van der Waals surface area (Å²) in [5.74, 6) is 4.53. The molecule has 0 aromatic carbocycles. The van der Waals surface area contributed by atoms with Crippen LogP contribution in [0.25, 0.3) is 0 Å². The van der Waals surface area contributed by atoms with E-state index in [0.29, 0.717) is 19.4 Å². The molecule has 0 aliphatic heterocycles. The van der Waals surface area contributed by atoms with Gasteiger partial charge in [-0.2, -0.15) is 0 Å². The van der Waals surface area contributed by atoms with Gasteiger partial charge in [-0.25, -0.2) is 4.79 Å². The van der Waals surface area contributed by atoms with Gasteiger partial charge in [-0.05, 0) is 19.4 Å². The Labute approximate surface area is 96.9 Å². The van der Waals surface area contributed by atoms with Crippen molar-refractivity contribution in [2.45, 2.75) is 33.6 Å². The lowest BCUT2D eigenvalue weighted by Gasteiger charge is -2.19. The number of carbonyl (C=O) groups excluding carboxylic acids is 2. The predicted octanol–water partition coefficient (Wildman–Crippen LogP) is 2.11. The van der Waals surface area contributed by atoms with Gasteiger partial charge in [-0.3, -0.25) is 4.79 Å². The number of allylic oxidation sites excluding steroid dienone is 1. The van der Waals surface area contributed by atoms with Crippen molar-refractivity contribution in [3.8, 4) is 11.8 Å². The summed E-state index contributed by atoms with van der Waals surface area (Å²) in [5.41, 5.74) is -0.467. The second-order valence-corrected chi connectivity index (χ2v) is 3.97. The minimum atomic E-state index is -0.518. The molecule has 0 unspecified atom stereocenters. The van der Waals surface area contributed by atoms with E-state index in [-0.39, 0.29) is 5.78 Å². The minimum Gasteiger partial charge on any atom is -0.456 e. The molecule has 0 saturated carbocycles. The molecule has 0 radical (unpaired) electrons. The van der Waals surface area contributed by atoms with Crippen LogP contribution in [-0.4, -0.2) is 18.4 Å². The Kier molecular flexibility index (Phi) is 6.17. The summed E-state index contributed by atoms with van der Waals surface area (Å²) in [6.07, 6.45) is 2.41. The number of ketones is 1. The van der Waals surface area contributed by atoms with E-state index in [1.165, 1.54) is 6.08 Å². The molecule has 0 bridgehead atoms. The van der Waals surface area contributed by atoms with Crippen molar-refractivity contribution in [2.75, 3.05) is 6.61 Å². The zero-order chi connectivity index (χ0) is 12.6. The predicted molar refractivity (Wildman–Crippen MR) is 62.6 cm³/mol. The molecule has 0 aliphatic rings. The lowest BCUT2D eigenvalue weighted by atomic mass is 9.83. The first-order chi connectivity index (χ1) is 7.44. The van der Waals surface area contributed by atoms with Crippen molar-refractivity contribution in [1.29, 1.82) is 0 Å². The molecular weight excluding hydrogens is 204 g/mol. The lowest BCUT2D eigenvalue weighted by Crippen LogP contribution is -2.21. The average Bonchev–Trinajstić information content (AvgIpc) is 2.23. The molecule has 0 spiro atoms. The first-order valence-corrected chi connectivity index (χ1v) is 5.26. The third kappa shape index (κ3) is 5.35. The quantitative estimate of drug-likeness (QED) is 0.310. The van der Waals surface area contributed by atoms with Gasteiger partial charge >= 0.3 is 5.97 Å². The van der Waals surface area contributed by atoms with Gasteiger partial charge in [-0.15, -0.1) is 0 Å². The maximum atomic E-state index is 11.4. The molecule has 3 heteroatoms. The second kappa shape index (κ2) is 6.84. The summed E-state index contributed by atoms with van der Waals surface area (Å²) in [4.78, 5) is 22.3. The van der Waals surface area contributed by atoms with Crippen LogP contribution in [0.4, 0.5) is 0 Å². The standard InChI is InChI=1S/C13H18O3/c1-5-11(14)13(3,4)10-8-7-9-12(15)16-6-2/h5H,1,6,8,10H2,2-4H3. The number of rotatable bonds is 5. The molecule has 0 aromatic rings. The van der Waals surface area contributed by atoms with Crippen LogP contribution in [0.2, 0.25) is 0 Å². The molecule has 3 nitrogen and oxygen atoms in total. The molecule has 0 amide bonds. The van der Waals surface area contributed by atoms with Crippen LogP contribution in [0, 0.1) is 17.3 Å². The SMILES string of the molecule is C=CC(=O)C(C)(C)CCC#CC(=O)OCC. The number of hydrogen-bond acceptors (Lipinski definition) is 3. The van der Waals surface area contributed by atoms with Crippen molar-refractivity contribution < 1.29 is 14.3 Å². The first kappa shape index (κ1) is 14.4. The highest BCUT2D eigenvalue weighted by Gasteiger charge is 2.23. The summed E-state index contributed by atoms with van der Waals surface area (Å²) in [5, 5.41) is 0. The van der Waals surface area contributed by atoms with Crippen LogP contribution in [0.5, 0.6) is 0 Å². The Morgan fingerprint density at radius 1 is 1.44 bits per heavy atom. The van der Waals surface area contributed by atoms with Gasteiger partial charge in [0.15, 0.2) is 5.78 Å². The Balaban J connectivity index is 4.11. The molecule has 0 aliphatic carbocycles. The molecule has 0 heterocycles. The van der Waals surface area contributed by atoms with Gasteiger partial charge in [0.25, 0.3) is 0 Å². The molecule has 0 aromatic heterocycles. The number of esters is 1. The molecule has 0 atom stereocenters. The van der Waals surface area contributed by atoms with E-state index in [1.54, 1.807) is 6.92 Å². The molecule has 0 N–H and O–H groups in total. The molecule has 0 rings (SSSR count). The fraction of sp³-hybridized carbons (Fsp3) is 0.538. The minimum absolute atomic E-state index is 0.00886. The van der Waals surface area contributed by atoms with Crippen molar-refractivity contribution >= 4 is 11.8 Å². The van der Waals surface area contributed by atoms with E-state index < -0.39 is 11.4 Å². The summed E-state index contributed by atoms with van der Waals surface area (Å²) in [7, 11) is 0. The van der Waals surface area contributed by atoms with E-state index in [9.17, 15) is 9.59 Å². The highest BCUT2D eigenvalue weighted by molar-refractivity contribution is 5.93. The fourth-order valence-electron chi connectivity index (χ4n) is 1.08. The fourth-order valence-corrected chi connectivity index (χ4v) is 1.08. The first-order valence-electron chi connectivity index (χ1n) is 5.26. The Bertz CT molecular complexity index is 329. The maximum absolute atomic E-state index is 11.4. The third-order valence-electron chi connectivity index (χ3n) is 2.19. The zero-order valence-corrected chi connectivity index (χ0v) is 10.1. The topological polar surface area (TPSA) is 43.4 Å². The highest BCUT2D eigenvalue weighted by atomic mass is 16.5. The van der Waals surface area contributed by atoms with E-state index in [4.69, 9.17) is 0 Å². The van der Waals surface area contributed by atoms with Crippen molar-refractivity contribution in [3.05, 3.63) is 12.7 Å². The number of carbonyl (C=O) groups is 2. The molecule has 88 valence electrons. The van der Waals surface area contributed by atoms with E-state index in [2.05, 4.69) is 23.2 Å². The monoisotopic (exact) mass is 222 g/mol. The summed E-state index contributed by atoms with van der Waals surface area (Å²) >= 11 is 0. The second-order valence-electron chi connectivity index (χ2n) is 3.97. The van der Waals surface area contributed by atoms with Crippen molar-refractivity contribution in [3.63, 3.8) is 0 Å². The third-order valence-corrected chi connectivity index (χ3v) is 2.19. The van der Waals surface area contributed by atoms with Crippen LogP contribution in [-0.2, 0) is 14.3 Å². The Morgan fingerprint density at radius 2 is 2.06 bits per heavy atom. The van der Waals surface area contributed by atoms with E-state index in [0.717, 1.165) is 0 Å². The summed E-state index contributed by atoms with van der Waals surface area (Å²) in [6, 6.07) is 0.